The van der Waals surface area contributed by atoms with Crippen molar-refractivity contribution in [2.75, 3.05) is 0 Å². The first-order valence-corrected chi connectivity index (χ1v) is 10.1. The number of rotatable bonds is 7. The summed E-state index contributed by atoms with van der Waals surface area (Å²) in [6.45, 7) is 2.49. The zero-order valence-electron chi connectivity index (χ0n) is 17.2. The molecule has 0 aliphatic rings. The van der Waals surface area contributed by atoms with Gasteiger partial charge < -0.3 is 10.1 Å². The van der Waals surface area contributed by atoms with Crippen LogP contribution in [0.4, 0.5) is 0 Å². The van der Waals surface area contributed by atoms with Gasteiger partial charge in [-0.05, 0) is 42.3 Å². The summed E-state index contributed by atoms with van der Waals surface area (Å²) in [5, 5.41) is 2.93. The summed E-state index contributed by atoms with van der Waals surface area (Å²) in [5.41, 5.74) is 3.30. The molecule has 6 heteroatoms. The molecule has 2 aromatic carbocycles. The van der Waals surface area contributed by atoms with Gasteiger partial charge in [0.15, 0.2) is 5.82 Å². The van der Waals surface area contributed by atoms with E-state index in [0.717, 1.165) is 23.2 Å². The SMILES string of the molecule is CCc1cc(Oc2cccc(C(=O)NCc3ccccc3)c2)nc(-c2ccncc2)n1. The second kappa shape index (κ2) is 9.63. The number of carbonyl (C=O) groups is 1. The molecule has 154 valence electrons. The third-order valence-electron chi connectivity index (χ3n) is 4.67. The molecule has 2 heterocycles. The van der Waals surface area contributed by atoms with E-state index in [1.165, 1.54) is 0 Å². The normalized spacial score (nSPS) is 10.5. The second-order valence-electron chi connectivity index (χ2n) is 6.91. The van der Waals surface area contributed by atoms with Crippen LogP contribution in [0.3, 0.4) is 0 Å². The van der Waals surface area contributed by atoms with Crippen LogP contribution in [0.2, 0.25) is 0 Å². The lowest BCUT2D eigenvalue weighted by Gasteiger charge is -2.10. The Kier molecular flexibility index (Phi) is 6.28. The molecule has 6 nitrogen and oxygen atoms in total. The van der Waals surface area contributed by atoms with E-state index in [2.05, 4.69) is 20.3 Å². The van der Waals surface area contributed by atoms with E-state index in [-0.39, 0.29) is 5.91 Å². The minimum Gasteiger partial charge on any atom is -0.439 e. The largest absolute Gasteiger partial charge is 0.439 e. The first-order valence-electron chi connectivity index (χ1n) is 10.1. The maximum atomic E-state index is 12.6. The highest BCUT2D eigenvalue weighted by atomic mass is 16.5. The summed E-state index contributed by atoms with van der Waals surface area (Å²) in [7, 11) is 0. The third kappa shape index (κ3) is 5.30. The molecule has 0 aliphatic carbocycles. The van der Waals surface area contributed by atoms with Crippen molar-refractivity contribution in [2.45, 2.75) is 19.9 Å². The Morgan fingerprint density at radius 1 is 0.935 bits per heavy atom. The zero-order chi connectivity index (χ0) is 21.5. The number of aryl methyl sites for hydroxylation is 1. The molecule has 0 saturated carbocycles. The molecule has 0 radical (unpaired) electrons. The van der Waals surface area contributed by atoms with E-state index in [1.807, 2.05) is 55.5 Å². The average Bonchev–Trinajstić information content (AvgIpc) is 2.83. The van der Waals surface area contributed by atoms with E-state index in [0.29, 0.717) is 29.6 Å². The van der Waals surface area contributed by atoms with Crippen molar-refractivity contribution in [1.29, 1.82) is 0 Å². The van der Waals surface area contributed by atoms with Crippen LogP contribution in [0.1, 0.15) is 28.5 Å². The van der Waals surface area contributed by atoms with Gasteiger partial charge in [-0.2, -0.15) is 4.98 Å². The lowest BCUT2D eigenvalue weighted by atomic mass is 10.2. The Labute approximate surface area is 181 Å². The van der Waals surface area contributed by atoms with Crippen molar-refractivity contribution in [3.05, 3.63) is 102 Å². The summed E-state index contributed by atoms with van der Waals surface area (Å²) in [5.74, 6) is 1.38. The van der Waals surface area contributed by atoms with E-state index in [1.54, 1.807) is 36.7 Å². The predicted octanol–water partition coefficient (Wildman–Crippen LogP) is 4.82. The smallest absolute Gasteiger partial charge is 0.251 e. The van der Waals surface area contributed by atoms with E-state index < -0.39 is 0 Å². The molecule has 0 spiro atoms. The first kappa shape index (κ1) is 20.2. The van der Waals surface area contributed by atoms with Gasteiger partial charge in [0.2, 0.25) is 5.88 Å². The molecular formula is C25H22N4O2. The highest BCUT2D eigenvalue weighted by Gasteiger charge is 2.10. The molecule has 4 aromatic rings. The minimum atomic E-state index is -0.163. The molecular weight excluding hydrogens is 388 g/mol. The van der Waals surface area contributed by atoms with Crippen molar-refractivity contribution < 1.29 is 9.53 Å². The number of ether oxygens (including phenoxy) is 1. The van der Waals surface area contributed by atoms with Gasteiger partial charge in [-0.1, -0.05) is 43.3 Å². The van der Waals surface area contributed by atoms with Gasteiger partial charge in [-0.3, -0.25) is 9.78 Å². The second-order valence-corrected chi connectivity index (χ2v) is 6.91. The van der Waals surface area contributed by atoms with Crippen LogP contribution in [0, 0.1) is 0 Å². The maximum absolute atomic E-state index is 12.6. The highest BCUT2D eigenvalue weighted by Crippen LogP contribution is 2.24. The number of carbonyl (C=O) groups excluding carboxylic acids is 1. The molecule has 0 aliphatic heterocycles. The quantitative estimate of drug-likeness (QED) is 0.472. The third-order valence-corrected chi connectivity index (χ3v) is 4.67. The van der Waals surface area contributed by atoms with Crippen molar-refractivity contribution in [3.8, 4) is 23.0 Å². The van der Waals surface area contributed by atoms with Gasteiger partial charge in [-0.15, -0.1) is 0 Å². The van der Waals surface area contributed by atoms with Gasteiger partial charge in [-0.25, -0.2) is 4.98 Å². The van der Waals surface area contributed by atoms with Crippen LogP contribution in [-0.2, 0) is 13.0 Å². The van der Waals surface area contributed by atoms with Crippen LogP contribution < -0.4 is 10.1 Å². The summed E-state index contributed by atoms with van der Waals surface area (Å²) in [4.78, 5) is 25.7. The van der Waals surface area contributed by atoms with E-state index >= 15 is 0 Å². The predicted molar refractivity (Wildman–Crippen MR) is 119 cm³/mol. The first-order chi connectivity index (χ1) is 15.2. The monoisotopic (exact) mass is 410 g/mol. The highest BCUT2D eigenvalue weighted by molar-refractivity contribution is 5.94. The fraction of sp³-hybridized carbons (Fsp3) is 0.120. The molecule has 31 heavy (non-hydrogen) atoms. The molecule has 2 aromatic heterocycles. The number of pyridine rings is 1. The number of nitrogens with one attached hydrogen (secondary N) is 1. The van der Waals surface area contributed by atoms with Gasteiger partial charge in [0.1, 0.15) is 5.75 Å². The van der Waals surface area contributed by atoms with Crippen molar-refractivity contribution in [3.63, 3.8) is 0 Å². The lowest BCUT2D eigenvalue weighted by molar-refractivity contribution is 0.0950. The lowest BCUT2D eigenvalue weighted by Crippen LogP contribution is -2.22. The number of amides is 1. The zero-order valence-corrected chi connectivity index (χ0v) is 17.2. The molecule has 0 fully saturated rings. The molecule has 0 unspecified atom stereocenters. The van der Waals surface area contributed by atoms with Crippen molar-refractivity contribution in [1.82, 2.24) is 20.3 Å². The standard InChI is InChI=1S/C25H22N4O2/c1-2-21-16-23(29-24(28-21)19-11-13-26-14-12-19)31-22-10-6-9-20(15-22)25(30)27-17-18-7-4-3-5-8-18/h3-16H,2,17H2,1H3,(H,27,30). The average molecular weight is 410 g/mol. The summed E-state index contributed by atoms with van der Waals surface area (Å²) in [6.07, 6.45) is 4.16. The summed E-state index contributed by atoms with van der Waals surface area (Å²) in [6, 6.07) is 22.4. The Hall–Kier alpha value is -4.06. The molecule has 1 N–H and O–H groups in total. The fourth-order valence-corrected chi connectivity index (χ4v) is 3.04. The van der Waals surface area contributed by atoms with Gasteiger partial charge >= 0.3 is 0 Å². The summed E-state index contributed by atoms with van der Waals surface area (Å²) >= 11 is 0. The molecule has 0 saturated heterocycles. The fourth-order valence-electron chi connectivity index (χ4n) is 3.04. The molecule has 0 bridgehead atoms. The number of hydrogen-bond donors (Lipinski definition) is 1. The van der Waals surface area contributed by atoms with E-state index in [9.17, 15) is 4.79 Å². The number of aromatic nitrogens is 3. The molecule has 1 amide bonds. The Morgan fingerprint density at radius 2 is 1.74 bits per heavy atom. The Morgan fingerprint density at radius 3 is 2.52 bits per heavy atom. The topological polar surface area (TPSA) is 77.0 Å². The van der Waals surface area contributed by atoms with Crippen LogP contribution >= 0.6 is 0 Å². The Balaban J connectivity index is 1.51. The van der Waals surface area contributed by atoms with Gasteiger partial charge in [0.25, 0.3) is 5.91 Å². The van der Waals surface area contributed by atoms with Crippen molar-refractivity contribution >= 4 is 5.91 Å². The van der Waals surface area contributed by atoms with Crippen LogP contribution in [0.15, 0.2) is 85.2 Å². The van der Waals surface area contributed by atoms with Gasteiger partial charge in [0.05, 0.1) is 0 Å². The minimum absolute atomic E-state index is 0.163. The maximum Gasteiger partial charge on any atom is 0.251 e. The van der Waals surface area contributed by atoms with Crippen LogP contribution in [-0.4, -0.2) is 20.9 Å². The summed E-state index contributed by atoms with van der Waals surface area (Å²) < 4.78 is 5.99. The number of hydrogen-bond acceptors (Lipinski definition) is 5. The van der Waals surface area contributed by atoms with Crippen LogP contribution in [0.25, 0.3) is 11.4 Å². The van der Waals surface area contributed by atoms with Crippen molar-refractivity contribution in [2.24, 2.45) is 0 Å². The Bertz CT molecular complexity index is 1160. The molecule has 4 rings (SSSR count). The number of benzene rings is 2. The molecule has 0 atom stereocenters. The van der Waals surface area contributed by atoms with Crippen LogP contribution in [0.5, 0.6) is 11.6 Å². The van der Waals surface area contributed by atoms with Gasteiger partial charge in [0, 0.05) is 41.8 Å². The number of nitrogens with zero attached hydrogens (tertiary/aromatic N) is 3. The van der Waals surface area contributed by atoms with E-state index in [4.69, 9.17) is 4.74 Å².